The molecule has 3 heterocycles. The van der Waals surface area contributed by atoms with Crippen LogP contribution in [-0.2, 0) is 4.79 Å². The molecule has 1 saturated heterocycles. The highest BCUT2D eigenvalue weighted by Crippen LogP contribution is 2.37. The first kappa shape index (κ1) is 23.2. The zero-order valence-electron chi connectivity index (χ0n) is 19.7. The van der Waals surface area contributed by atoms with E-state index in [2.05, 4.69) is 20.3 Å². The van der Waals surface area contributed by atoms with Crippen LogP contribution in [0.15, 0.2) is 24.5 Å². The van der Waals surface area contributed by atoms with E-state index in [0.717, 1.165) is 16.9 Å². The van der Waals surface area contributed by atoms with E-state index < -0.39 is 30.6 Å². The van der Waals surface area contributed by atoms with Crippen molar-refractivity contribution in [2.24, 2.45) is 5.92 Å². The minimum atomic E-state index is -1.43. The fourth-order valence-corrected chi connectivity index (χ4v) is 4.49. The van der Waals surface area contributed by atoms with Gasteiger partial charge in [-0.2, -0.15) is 0 Å². The number of fused-ring (bicyclic) bond motifs is 1. The van der Waals surface area contributed by atoms with Crippen molar-refractivity contribution in [3.63, 3.8) is 0 Å². The van der Waals surface area contributed by atoms with Gasteiger partial charge in [0, 0.05) is 17.8 Å². The molecule has 3 aromatic rings. The molecule has 10 heteroatoms. The molecule has 0 bridgehead atoms. The molecule has 0 spiro atoms. The summed E-state index contributed by atoms with van der Waals surface area (Å²) in [7, 11) is 0. The topological polar surface area (TPSA) is 120 Å². The second-order valence-corrected chi connectivity index (χ2v) is 9.38. The van der Waals surface area contributed by atoms with E-state index in [1.54, 1.807) is 6.92 Å². The first-order valence-electron chi connectivity index (χ1n) is 11.8. The maximum atomic E-state index is 14.5. The Labute approximate surface area is 201 Å². The summed E-state index contributed by atoms with van der Waals surface area (Å²) in [6.45, 7) is 3.54. The standard InChI is InChI=1S/C25H28FN5O4/c1-13-3-6-19(35-11-15-4-5-15)16(7-13)22-24-23(28-12-27-22)21(14(2)29-24)25(34)30-18-9-31(8-17(18)26)20(33)10-32/h3,6-7,12,15,17-18,29,32H,4-5,8-11H2,1-2H3,(H,30,34)/t17-,18-/m1/s1. The average Bonchev–Trinajstić information content (AvgIpc) is 3.51. The third-order valence-electron chi connectivity index (χ3n) is 6.61. The van der Waals surface area contributed by atoms with E-state index in [-0.39, 0.29) is 13.1 Å². The van der Waals surface area contributed by atoms with Gasteiger partial charge in [0.05, 0.1) is 30.3 Å². The van der Waals surface area contributed by atoms with E-state index in [1.165, 1.54) is 24.1 Å². The molecule has 35 heavy (non-hydrogen) atoms. The Balaban J connectivity index is 1.46. The number of amides is 2. The van der Waals surface area contributed by atoms with Crippen molar-refractivity contribution >= 4 is 22.8 Å². The number of carbonyl (C=O) groups excluding carboxylic acids is 2. The van der Waals surface area contributed by atoms with E-state index in [4.69, 9.17) is 9.84 Å². The van der Waals surface area contributed by atoms with Crippen LogP contribution >= 0.6 is 0 Å². The highest BCUT2D eigenvalue weighted by molar-refractivity contribution is 6.09. The highest BCUT2D eigenvalue weighted by atomic mass is 19.1. The van der Waals surface area contributed by atoms with Crippen molar-refractivity contribution in [3.05, 3.63) is 41.3 Å². The van der Waals surface area contributed by atoms with Crippen LogP contribution in [0.1, 0.15) is 34.5 Å². The molecule has 184 valence electrons. The van der Waals surface area contributed by atoms with Crippen LogP contribution in [0.2, 0.25) is 0 Å². The lowest BCUT2D eigenvalue weighted by molar-refractivity contribution is -0.133. The maximum Gasteiger partial charge on any atom is 0.255 e. The Bertz CT molecular complexity index is 1290. The van der Waals surface area contributed by atoms with Gasteiger partial charge in [-0.05, 0) is 44.7 Å². The first-order valence-corrected chi connectivity index (χ1v) is 11.8. The Morgan fingerprint density at radius 2 is 2.06 bits per heavy atom. The molecule has 5 rings (SSSR count). The number of ether oxygens (including phenoxy) is 1. The van der Waals surface area contributed by atoms with Gasteiger partial charge in [-0.3, -0.25) is 9.59 Å². The molecule has 2 aromatic heterocycles. The van der Waals surface area contributed by atoms with E-state index in [1.807, 2.05) is 25.1 Å². The summed E-state index contributed by atoms with van der Waals surface area (Å²) in [4.78, 5) is 38.2. The molecule has 1 aromatic carbocycles. The molecule has 2 aliphatic rings. The molecule has 0 unspecified atom stereocenters. The fraction of sp³-hybridized carbons (Fsp3) is 0.440. The fourth-order valence-electron chi connectivity index (χ4n) is 4.49. The number of hydrogen-bond donors (Lipinski definition) is 3. The number of benzene rings is 1. The van der Waals surface area contributed by atoms with Gasteiger partial charge in [0.2, 0.25) is 5.91 Å². The number of aliphatic hydroxyl groups excluding tert-OH is 1. The van der Waals surface area contributed by atoms with Gasteiger partial charge >= 0.3 is 0 Å². The molecular weight excluding hydrogens is 453 g/mol. The molecule has 1 aliphatic heterocycles. The van der Waals surface area contributed by atoms with Gasteiger partial charge in [-0.25, -0.2) is 14.4 Å². The Kier molecular flexibility index (Phi) is 6.14. The molecule has 1 aliphatic carbocycles. The van der Waals surface area contributed by atoms with Crippen LogP contribution in [0.4, 0.5) is 4.39 Å². The largest absolute Gasteiger partial charge is 0.493 e. The molecule has 0 radical (unpaired) electrons. The number of aromatic nitrogens is 3. The third kappa shape index (κ3) is 4.58. The minimum Gasteiger partial charge on any atom is -0.493 e. The number of H-pyrrole nitrogens is 1. The first-order chi connectivity index (χ1) is 16.9. The Morgan fingerprint density at radius 1 is 1.26 bits per heavy atom. The number of alkyl halides is 1. The lowest BCUT2D eigenvalue weighted by Gasteiger charge is -2.15. The molecule has 2 fully saturated rings. The predicted molar refractivity (Wildman–Crippen MR) is 127 cm³/mol. The summed E-state index contributed by atoms with van der Waals surface area (Å²) in [5.74, 6) is 0.262. The van der Waals surface area contributed by atoms with E-state index in [0.29, 0.717) is 40.5 Å². The Hall–Kier alpha value is -3.53. The van der Waals surface area contributed by atoms with Gasteiger partial charge in [-0.1, -0.05) is 11.6 Å². The smallest absolute Gasteiger partial charge is 0.255 e. The zero-order chi connectivity index (χ0) is 24.7. The summed E-state index contributed by atoms with van der Waals surface area (Å²) in [6, 6.07) is 5.05. The van der Waals surface area contributed by atoms with Crippen LogP contribution in [0, 0.1) is 19.8 Å². The van der Waals surface area contributed by atoms with Gasteiger partial charge in [0.15, 0.2) is 0 Å². The number of aryl methyl sites for hydroxylation is 2. The molecular formula is C25H28FN5O4. The number of likely N-dealkylation sites (tertiary alicyclic amines) is 1. The molecule has 9 nitrogen and oxygen atoms in total. The normalized spacial score (nSPS) is 19.8. The average molecular weight is 482 g/mol. The number of aliphatic hydroxyl groups is 1. The maximum absolute atomic E-state index is 14.5. The number of hydrogen-bond acceptors (Lipinski definition) is 6. The third-order valence-corrected chi connectivity index (χ3v) is 6.61. The van der Waals surface area contributed by atoms with Crippen molar-refractivity contribution < 1.29 is 23.8 Å². The molecule has 2 atom stereocenters. The summed E-state index contributed by atoms with van der Waals surface area (Å²) in [6.07, 6.45) is 2.34. The van der Waals surface area contributed by atoms with E-state index >= 15 is 0 Å². The Morgan fingerprint density at radius 3 is 2.80 bits per heavy atom. The van der Waals surface area contributed by atoms with Crippen molar-refractivity contribution in [1.29, 1.82) is 0 Å². The lowest BCUT2D eigenvalue weighted by atomic mass is 10.1. The summed E-state index contributed by atoms with van der Waals surface area (Å²) >= 11 is 0. The quantitative estimate of drug-likeness (QED) is 0.476. The van der Waals surface area contributed by atoms with Crippen LogP contribution < -0.4 is 10.1 Å². The number of aromatic amines is 1. The molecule has 3 N–H and O–H groups in total. The van der Waals surface area contributed by atoms with Crippen LogP contribution in [0.5, 0.6) is 5.75 Å². The summed E-state index contributed by atoms with van der Waals surface area (Å²) < 4.78 is 20.6. The predicted octanol–water partition coefficient (Wildman–Crippen LogP) is 2.30. The summed E-state index contributed by atoms with van der Waals surface area (Å²) in [5, 5.41) is 11.7. The van der Waals surface area contributed by atoms with Crippen LogP contribution in [-0.4, -0.2) is 75.3 Å². The van der Waals surface area contributed by atoms with Crippen molar-refractivity contribution in [3.8, 4) is 17.0 Å². The van der Waals surface area contributed by atoms with Gasteiger partial charge < -0.3 is 25.0 Å². The number of nitrogens with one attached hydrogen (secondary N) is 2. The second-order valence-electron chi connectivity index (χ2n) is 9.38. The van der Waals surface area contributed by atoms with Crippen molar-refractivity contribution in [2.75, 3.05) is 26.3 Å². The number of nitrogens with zero attached hydrogens (tertiary/aromatic N) is 3. The number of rotatable bonds is 7. The zero-order valence-corrected chi connectivity index (χ0v) is 19.7. The monoisotopic (exact) mass is 481 g/mol. The molecule has 1 saturated carbocycles. The summed E-state index contributed by atoms with van der Waals surface area (Å²) in [5.41, 5.74) is 4.37. The van der Waals surface area contributed by atoms with Crippen LogP contribution in [0.25, 0.3) is 22.3 Å². The lowest BCUT2D eigenvalue weighted by Crippen LogP contribution is -2.42. The van der Waals surface area contributed by atoms with Crippen LogP contribution in [0.3, 0.4) is 0 Å². The number of halogens is 1. The highest BCUT2D eigenvalue weighted by Gasteiger charge is 2.37. The molecule has 2 amide bonds. The minimum absolute atomic E-state index is 0.00107. The van der Waals surface area contributed by atoms with E-state index in [9.17, 15) is 14.0 Å². The second kappa shape index (κ2) is 9.26. The van der Waals surface area contributed by atoms with Gasteiger partial charge in [0.1, 0.15) is 36.1 Å². The SMILES string of the molecule is Cc1ccc(OCC2CC2)c(-c2ncnc3c(C(=O)N[C@@H]4CN(C(=O)CO)C[C@H]4F)c(C)[nH]c23)c1. The van der Waals surface area contributed by atoms with Gasteiger partial charge in [0.25, 0.3) is 5.91 Å². The van der Waals surface area contributed by atoms with Crippen molar-refractivity contribution in [1.82, 2.24) is 25.2 Å². The number of carbonyl (C=O) groups is 2. The van der Waals surface area contributed by atoms with Gasteiger partial charge in [-0.15, -0.1) is 0 Å². The van der Waals surface area contributed by atoms with Crippen molar-refractivity contribution in [2.45, 2.75) is 38.9 Å².